The molecule has 3 fully saturated rings. The lowest BCUT2D eigenvalue weighted by molar-refractivity contribution is -0.314. The number of halogens is 2. The van der Waals surface area contributed by atoms with Crippen molar-refractivity contribution in [1.82, 2.24) is 0 Å². The van der Waals surface area contributed by atoms with Crippen molar-refractivity contribution in [2.75, 3.05) is 0 Å². The van der Waals surface area contributed by atoms with Gasteiger partial charge in [-0.2, -0.15) is 0 Å². The first kappa shape index (κ1) is 10.7. The maximum atomic E-state index is 14.3. The van der Waals surface area contributed by atoms with Crippen LogP contribution in [0.2, 0.25) is 0 Å². The normalized spacial score (nSPS) is 34.7. The zero-order chi connectivity index (χ0) is 12.3. The molecule has 0 radical (unpaired) electrons. The van der Waals surface area contributed by atoms with Crippen LogP contribution in [-0.2, 0) is 10.7 Å². The number of carboxylic acid groups (broad SMARTS) is 1. The molecule has 1 N–H and O–H groups in total. The van der Waals surface area contributed by atoms with Gasteiger partial charge in [0.25, 0.3) is 5.92 Å². The summed E-state index contributed by atoms with van der Waals surface area (Å²) in [4.78, 5) is 10.9. The maximum absolute atomic E-state index is 14.3. The van der Waals surface area contributed by atoms with Gasteiger partial charge in [0.05, 0.1) is 5.41 Å². The van der Waals surface area contributed by atoms with Crippen molar-refractivity contribution >= 4 is 5.97 Å². The largest absolute Gasteiger partial charge is 0.481 e. The molecular formula is C13H12F2O2. The number of alkyl halides is 2. The summed E-state index contributed by atoms with van der Waals surface area (Å²) >= 11 is 0. The first-order chi connectivity index (χ1) is 7.92. The lowest BCUT2D eigenvalue weighted by atomic mass is 9.33. The number of carbonyl (C=O) groups is 1. The monoisotopic (exact) mass is 238 g/mol. The zero-order valence-corrected chi connectivity index (χ0v) is 9.12. The molecule has 2 bridgehead atoms. The minimum atomic E-state index is -2.91. The summed E-state index contributed by atoms with van der Waals surface area (Å²) in [5.41, 5.74) is -1.95. The van der Waals surface area contributed by atoms with E-state index in [-0.39, 0.29) is 24.8 Å². The second-order valence-corrected chi connectivity index (χ2v) is 5.34. The van der Waals surface area contributed by atoms with Crippen LogP contribution in [0.5, 0.6) is 0 Å². The molecule has 0 aliphatic heterocycles. The fraction of sp³-hybridized carbons (Fsp3) is 0.462. The Morgan fingerprint density at radius 3 is 2.18 bits per heavy atom. The molecule has 4 rings (SSSR count). The number of benzene rings is 1. The Morgan fingerprint density at radius 1 is 1.18 bits per heavy atom. The van der Waals surface area contributed by atoms with Crippen molar-refractivity contribution in [2.45, 2.75) is 25.2 Å². The molecule has 3 saturated carbocycles. The van der Waals surface area contributed by atoms with Crippen molar-refractivity contribution in [2.24, 2.45) is 10.8 Å². The van der Waals surface area contributed by atoms with Crippen LogP contribution in [0, 0.1) is 10.8 Å². The van der Waals surface area contributed by atoms with E-state index >= 15 is 0 Å². The van der Waals surface area contributed by atoms with E-state index in [4.69, 9.17) is 5.11 Å². The van der Waals surface area contributed by atoms with Crippen molar-refractivity contribution in [3.63, 3.8) is 0 Å². The lowest BCUT2D eigenvalue weighted by Crippen LogP contribution is -2.70. The third-order valence-corrected chi connectivity index (χ3v) is 4.29. The maximum Gasteiger partial charge on any atom is 0.309 e. The highest BCUT2D eigenvalue weighted by molar-refractivity contribution is 5.79. The molecule has 0 heterocycles. The fourth-order valence-corrected chi connectivity index (χ4v) is 3.30. The highest BCUT2D eigenvalue weighted by Gasteiger charge is 2.80. The molecule has 1 aromatic carbocycles. The van der Waals surface area contributed by atoms with Crippen molar-refractivity contribution in [3.8, 4) is 0 Å². The molecule has 0 spiro atoms. The van der Waals surface area contributed by atoms with E-state index in [1.807, 2.05) is 0 Å². The molecule has 1 aromatic rings. The number of carboxylic acids is 1. The van der Waals surface area contributed by atoms with Gasteiger partial charge in [-0.15, -0.1) is 0 Å². The van der Waals surface area contributed by atoms with Crippen molar-refractivity contribution in [3.05, 3.63) is 35.9 Å². The number of hydrogen-bond donors (Lipinski definition) is 1. The van der Waals surface area contributed by atoms with Crippen LogP contribution < -0.4 is 0 Å². The summed E-state index contributed by atoms with van der Waals surface area (Å²) in [7, 11) is 0. The van der Waals surface area contributed by atoms with E-state index in [2.05, 4.69) is 0 Å². The van der Waals surface area contributed by atoms with Crippen LogP contribution >= 0.6 is 0 Å². The average Bonchev–Trinajstić information content (AvgIpc) is 2.13. The van der Waals surface area contributed by atoms with Crippen LogP contribution in [0.3, 0.4) is 0 Å². The van der Waals surface area contributed by atoms with Gasteiger partial charge in [-0.25, -0.2) is 8.78 Å². The van der Waals surface area contributed by atoms with Gasteiger partial charge in [0.15, 0.2) is 0 Å². The predicted octanol–water partition coefficient (Wildman–Crippen LogP) is 3.03. The average molecular weight is 238 g/mol. The predicted molar refractivity (Wildman–Crippen MR) is 56.7 cm³/mol. The van der Waals surface area contributed by atoms with Gasteiger partial charge < -0.3 is 5.11 Å². The summed E-state index contributed by atoms with van der Waals surface area (Å²) < 4.78 is 28.5. The van der Waals surface area contributed by atoms with Gasteiger partial charge >= 0.3 is 5.97 Å². The smallest absolute Gasteiger partial charge is 0.309 e. The Morgan fingerprint density at radius 2 is 1.71 bits per heavy atom. The number of hydrogen-bond acceptors (Lipinski definition) is 1. The Balaban J connectivity index is 1.86. The van der Waals surface area contributed by atoms with Crippen LogP contribution in [0.4, 0.5) is 8.78 Å². The molecule has 2 nitrogen and oxygen atoms in total. The molecule has 17 heavy (non-hydrogen) atoms. The van der Waals surface area contributed by atoms with Gasteiger partial charge in [-0.3, -0.25) is 4.79 Å². The Bertz CT molecular complexity index is 462. The highest BCUT2D eigenvalue weighted by atomic mass is 19.3. The van der Waals surface area contributed by atoms with Gasteiger partial charge in [-0.1, -0.05) is 30.3 Å². The summed E-state index contributed by atoms with van der Waals surface area (Å²) in [5, 5.41) is 8.94. The molecular weight excluding hydrogens is 226 g/mol. The van der Waals surface area contributed by atoms with Crippen molar-refractivity contribution in [1.29, 1.82) is 0 Å². The molecule has 0 saturated heterocycles. The number of rotatable bonds is 3. The van der Waals surface area contributed by atoms with Gasteiger partial charge in [0.2, 0.25) is 0 Å². The SMILES string of the molecule is O=C(O)C12CC(C(F)(F)c3ccccc3)(C1)C2. The van der Waals surface area contributed by atoms with E-state index in [1.165, 1.54) is 12.1 Å². The lowest BCUT2D eigenvalue weighted by Gasteiger charge is -2.70. The molecule has 3 aliphatic carbocycles. The molecule has 4 heteroatoms. The summed E-state index contributed by atoms with van der Waals surface area (Å²) in [6.45, 7) is 0. The van der Waals surface area contributed by atoms with E-state index in [0.29, 0.717) is 0 Å². The minimum Gasteiger partial charge on any atom is -0.481 e. The molecule has 90 valence electrons. The topological polar surface area (TPSA) is 37.3 Å². The van der Waals surface area contributed by atoms with Gasteiger partial charge in [-0.05, 0) is 19.3 Å². The zero-order valence-electron chi connectivity index (χ0n) is 9.12. The van der Waals surface area contributed by atoms with Crippen LogP contribution in [0.15, 0.2) is 30.3 Å². The summed E-state index contributed by atoms with van der Waals surface area (Å²) in [5.74, 6) is -3.84. The minimum absolute atomic E-state index is 0.00121. The molecule has 0 unspecified atom stereocenters. The molecule has 0 atom stereocenters. The first-order valence-electron chi connectivity index (χ1n) is 5.59. The Kier molecular flexibility index (Phi) is 1.80. The third kappa shape index (κ3) is 1.10. The summed E-state index contributed by atoms with van der Waals surface area (Å²) in [6.07, 6.45) is 0.325. The van der Waals surface area contributed by atoms with Gasteiger partial charge in [0, 0.05) is 11.0 Å². The van der Waals surface area contributed by atoms with E-state index in [9.17, 15) is 13.6 Å². The molecule has 0 aromatic heterocycles. The fourth-order valence-electron chi connectivity index (χ4n) is 3.30. The van der Waals surface area contributed by atoms with E-state index in [1.54, 1.807) is 18.2 Å². The summed E-state index contributed by atoms with van der Waals surface area (Å²) in [6, 6.07) is 7.69. The standard InChI is InChI=1S/C13H12F2O2/c14-13(15,9-4-2-1-3-5-9)12-6-11(7-12,8-12)10(16)17/h1-5H,6-8H2,(H,16,17). The number of aliphatic carboxylic acids is 1. The van der Waals surface area contributed by atoms with Crippen LogP contribution in [0.1, 0.15) is 24.8 Å². The second kappa shape index (κ2) is 2.86. The Labute approximate surface area is 97.3 Å². The third-order valence-electron chi connectivity index (χ3n) is 4.29. The second-order valence-electron chi connectivity index (χ2n) is 5.34. The molecule has 3 aliphatic rings. The van der Waals surface area contributed by atoms with E-state index < -0.39 is 22.7 Å². The quantitative estimate of drug-likeness (QED) is 0.878. The highest BCUT2D eigenvalue weighted by Crippen LogP contribution is 2.80. The van der Waals surface area contributed by atoms with Gasteiger partial charge in [0.1, 0.15) is 0 Å². The van der Waals surface area contributed by atoms with Crippen LogP contribution in [0.25, 0.3) is 0 Å². The Hall–Kier alpha value is -1.45. The first-order valence-corrected chi connectivity index (χ1v) is 5.59. The van der Waals surface area contributed by atoms with Crippen LogP contribution in [-0.4, -0.2) is 11.1 Å². The molecule has 0 amide bonds. The van der Waals surface area contributed by atoms with Crippen molar-refractivity contribution < 1.29 is 18.7 Å². The van der Waals surface area contributed by atoms with E-state index in [0.717, 1.165) is 0 Å².